The summed E-state index contributed by atoms with van der Waals surface area (Å²) in [4.78, 5) is 11.1. The Bertz CT molecular complexity index is 374. The van der Waals surface area contributed by atoms with Crippen molar-refractivity contribution in [3.8, 4) is 0 Å². The van der Waals surface area contributed by atoms with Crippen LogP contribution in [0.2, 0.25) is 0 Å². The third kappa shape index (κ3) is 4.46. The van der Waals surface area contributed by atoms with Crippen molar-refractivity contribution in [3.63, 3.8) is 0 Å². The largest absolute Gasteiger partial charge is 0.360 e. The standard InChI is InChI=1S/C15H26N4/c1-19(12-9-13-5-3-2-4-6-13)15-8-11-17-14(18-15)7-10-16/h8,11,13H,2-7,9-10,12,16H2,1H3. The number of aromatic nitrogens is 2. The maximum Gasteiger partial charge on any atom is 0.131 e. The van der Waals surface area contributed by atoms with Crippen LogP contribution in [-0.2, 0) is 6.42 Å². The van der Waals surface area contributed by atoms with Gasteiger partial charge in [0.25, 0.3) is 0 Å². The van der Waals surface area contributed by atoms with Crippen molar-refractivity contribution in [2.75, 3.05) is 25.0 Å². The maximum atomic E-state index is 5.55. The van der Waals surface area contributed by atoms with E-state index < -0.39 is 0 Å². The molecule has 1 aromatic heterocycles. The van der Waals surface area contributed by atoms with Gasteiger partial charge in [-0.05, 0) is 24.9 Å². The molecule has 4 nitrogen and oxygen atoms in total. The van der Waals surface area contributed by atoms with E-state index in [9.17, 15) is 0 Å². The van der Waals surface area contributed by atoms with Crippen LogP contribution in [0.3, 0.4) is 0 Å². The van der Waals surface area contributed by atoms with Gasteiger partial charge in [0.05, 0.1) is 0 Å². The molecule has 1 fully saturated rings. The Hall–Kier alpha value is -1.16. The highest BCUT2D eigenvalue weighted by Gasteiger charge is 2.14. The van der Waals surface area contributed by atoms with Crippen LogP contribution in [0.4, 0.5) is 5.82 Å². The molecule has 0 atom stereocenters. The van der Waals surface area contributed by atoms with Gasteiger partial charge in [-0.1, -0.05) is 32.1 Å². The number of nitrogens with zero attached hydrogens (tertiary/aromatic N) is 3. The summed E-state index contributed by atoms with van der Waals surface area (Å²) in [5, 5.41) is 0. The lowest BCUT2D eigenvalue weighted by Gasteiger charge is -2.25. The van der Waals surface area contributed by atoms with E-state index in [-0.39, 0.29) is 0 Å². The minimum absolute atomic E-state index is 0.606. The topological polar surface area (TPSA) is 55.0 Å². The fraction of sp³-hybridized carbons (Fsp3) is 0.733. The molecule has 2 rings (SSSR count). The number of nitrogens with two attached hydrogens (primary N) is 1. The molecule has 4 heteroatoms. The minimum atomic E-state index is 0.606. The highest BCUT2D eigenvalue weighted by Crippen LogP contribution is 2.26. The summed E-state index contributed by atoms with van der Waals surface area (Å²) in [5.41, 5.74) is 5.55. The normalized spacial score (nSPS) is 16.5. The van der Waals surface area contributed by atoms with E-state index in [0.29, 0.717) is 6.54 Å². The highest BCUT2D eigenvalue weighted by atomic mass is 15.2. The Balaban J connectivity index is 1.84. The number of rotatable bonds is 6. The van der Waals surface area contributed by atoms with Gasteiger partial charge in [0.15, 0.2) is 0 Å². The predicted molar refractivity (Wildman–Crippen MR) is 79.3 cm³/mol. The Morgan fingerprint density at radius 3 is 2.84 bits per heavy atom. The minimum Gasteiger partial charge on any atom is -0.360 e. The molecule has 1 aromatic rings. The van der Waals surface area contributed by atoms with Crippen LogP contribution in [0.25, 0.3) is 0 Å². The molecule has 1 aliphatic rings. The summed E-state index contributed by atoms with van der Waals surface area (Å²) in [5.74, 6) is 2.79. The molecule has 19 heavy (non-hydrogen) atoms. The molecule has 0 aromatic carbocycles. The van der Waals surface area contributed by atoms with Gasteiger partial charge in [0.2, 0.25) is 0 Å². The summed E-state index contributed by atoms with van der Waals surface area (Å²) >= 11 is 0. The van der Waals surface area contributed by atoms with Crippen molar-refractivity contribution in [1.29, 1.82) is 0 Å². The first-order valence-corrected chi connectivity index (χ1v) is 7.52. The Morgan fingerprint density at radius 2 is 2.11 bits per heavy atom. The van der Waals surface area contributed by atoms with E-state index in [0.717, 1.165) is 30.5 Å². The summed E-state index contributed by atoms with van der Waals surface area (Å²) in [6, 6.07) is 1.99. The van der Waals surface area contributed by atoms with Gasteiger partial charge in [-0.25, -0.2) is 9.97 Å². The van der Waals surface area contributed by atoms with E-state index in [1.807, 2.05) is 12.3 Å². The van der Waals surface area contributed by atoms with E-state index >= 15 is 0 Å². The molecule has 0 saturated heterocycles. The monoisotopic (exact) mass is 262 g/mol. The van der Waals surface area contributed by atoms with E-state index in [2.05, 4.69) is 21.9 Å². The molecule has 0 spiro atoms. The van der Waals surface area contributed by atoms with Gasteiger partial charge in [-0.2, -0.15) is 0 Å². The Kier molecular flexibility index (Phi) is 5.58. The summed E-state index contributed by atoms with van der Waals surface area (Å²) in [7, 11) is 2.12. The van der Waals surface area contributed by atoms with Gasteiger partial charge in [-0.15, -0.1) is 0 Å². The predicted octanol–water partition coefficient (Wildman–Crippen LogP) is 2.38. The van der Waals surface area contributed by atoms with E-state index in [1.54, 1.807) is 0 Å². The van der Waals surface area contributed by atoms with Crippen LogP contribution in [0.1, 0.15) is 44.3 Å². The van der Waals surface area contributed by atoms with Crippen molar-refractivity contribution in [2.24, 2.45) is 11.7 Å². The van der Waals surface area contributed by atoms with Crippen LogP contribution in [0, 0.1) is 5.92 Å². The summed E-state index contributed by atoms with van der Waals surface area (Å²) < 4.78 is 0. The van der Waals surface area contributed by atoms with E-state index in [1.165, 1.54) is 38.5 Å². The Labute approximate surface area is 116 Å². The molecule has 0 bridgehead atoms. The number of hydrogen-bond acceptors (Lipinski definition) is 4. The van der Waals surface area contributed by atoms with Crippen molar-refractivity contribution in [1.82, 2.24) is 9.97 Å². The lowest BCUT2D eigenvalue weighted by Crippen LogP contribution is -2.23. The smallest absolute Gasteiger partial charge is 0.131 e. The molecule has 0 aliphatic heterocycles. The average Bonchev–Trinajstić information content (AvgIpc) is 2.46. The summed E-state index contributed by atoms with van der Waals surface area (Å²) in [6.45, 7) is 1.69. The van der Waals surface area contributed by atoms with Crippen molar-refractivity contribution in [3.05, 3.63) is 18.1 Å². The maximum absolute atomic E-state index is 5.55. The first-order chi connectivity index (χ1) is 9.29. The van der Waals surface area contributed by atoms with Crippen molar-refractivity contribution in [2.45, 2.75) is 44.9 Å². The van der Waals surface area contributed by atoms with E-state index in [4.69, 9.17) is 5.73 Å². The molecule has 1 heterocycles. The SMILES string of the molecule is CN(CCC1CCCCC1)c1ccnc(CCN)n1. The van der Waals surface area contributed by atoms with Gasteiger partial charge in [0, 0.05) is 26.2 Å². The first kappa shape index (κ1) is 14.3. The number of hydrogen-bond donors (Lipinski definition) is 1. The second-order valence-electron chi connectivity index (χ2n) is 5.58. The average molecular weight is 262 g/mol. The van der Waals surface area contributed by atoms with Crippen LogP contribution in [0.5, 0.6) is 0 Å². The van der Waals surface area contributed by atoms with Gasteiger partial charge < -0.3 is 10.6 Å². The fourth-order valence-corrected chi connectivity index (χ4v) is 2.82. The quantitative estimate of drug-likeness (QED) is 0.855. The van der Waals surface area contributed by atoms with Crippen LogP contribution in [-0.4, -0.2) is 30.1 Å². The zero-order valence-corrected chi connectivity index (χ0v) is 12.0. The van der Waals surface area contributed by atoms with Crippen molar-refractivity contribution < 1.29 is 0 Å². The second kappa shape index (κ2) is 7.43. The van der Waals surface area contributed by atoms with Gasteiger partial charge in [-0.3, -0.25) is 0 Å². The zero-order chi connectivity index (χ0) is 13.5. The molecule has 0 radical (unpaired) electrons. The van der Waals surface area contributed by atoms with Crippen LogP contribution < -0.4 is 10.6 Å². The fourth-order valence-electron chi connectivity index (χ4n) is 2.82. The molecular formula is C15H26N4. The molecular weight excluding hydrogens is 236 g/mol. The second-order valence-corrected chi connectivity index (χ2v) is 5.58. The lowest BCUT2D eigenvalue weighted by atomic mass is 9.87. The lowest BCUT2D eigenvalue weighted by molar-refractivity contribution is 0.341. The van der Waals surface area contributed by atoms with Crippen LogP contribution >= 0.6 is 0 Å². The van der Waals surface area contributed by atoms with Crippen molar-refractivity contribution >= 4 is 5.82 Å². The molecule has 0 unspecified atom stereocenters. The zero-order valence-electron chi connectivity index (χ0n) is 12.0. The third-order valence-electron chi connectivity index (χ3n) is 4.05. The molecule has 2 N–H and O–H groups in total. The molecule has 1 saturated carbocycles. The summed E-state index contributed by atoms with van der Waals surface area (Å²) in [6.07, 6.45) is 11.0. The first-order valence-electron chi connectivity index (χ1n) is 7.52. The molecule has 0 amide bonds. The Morgan fingerprint density at radius 1 is 1.32 bits per heavy atom. The number of anilines is 1. The van der Waals surface area contributed by atoms with Gasteiger partial charge in [0.1, 0.15) is 11.6 Å². The third-order valence-corrected chi connectivity index (χ3v) is 4.05. The molecule has 106 valence electrons. The van der Waals surface area contributed by atoms with Gasteiger partial charge >= 0.3 is 0 Å². The molecule has 1 aliphatic carbocycles. The highest BCUT2D eigenvalue weighted by molar-refractivity contribution is 5.36. The van der Waals surface area contributed by atoms with Crippen LogP contribution in [0.15, 0.2) is 12.3 Å².